The van der Waals surface area contributed by atoms with Crippen LogP contribution in [0.25, 0.3) is 0 Å². The molecule has 3 nitrogen and oxygen atoms in total. The molecule has 0 bridgehead atoms. The fourth-order valence-electron chi connectivity index (χ4n) is 1.09. The summed E-state index contributed by atoms with van der Waals surface area (Å²) in [5, 5.41) is 11.8. The van der Waals surface area contributed by atoms with Gasteiger partial charge in [-0.15, -0.1) is 11.3 Å². The molecule has 0 spiro atoms. The molecule has 0 saturated heterocycles. The van der Waals surface area contributed by atoms with Crippen LogP contribution in [-0.4, -0.2) is 10.8 Å². The van der Waals surface area contributed by atoms with Gasteiger partial charge in [-0.3, -0.25) is 4.79 Å². The fourth-order valence-corrected chi connectivity index (χ4v) is 1.71. The average molecular weight is 208 g/mol. The summed E-state index contributed by atoms with van der Waals surface area (Å²) < 4.78 is 0. The smallest absolute Gasteiger partial charge is 0.150 e. The van der Waals surface area contributed by atoms with E-state index in [2.05, 4.69) is 11.1 Å². The van der Waals surface area contributed by atoms with Gasteiger partial charge in [-0.05, 0) is 20.8 Å². The molecule has 0 aliphatic rings. The second kappa shape index (κ2) is 3.89. The van der Waals surface area contributed by atoms with Gasteiger partial charge < -0.3 is 0 Å². The number of aromatic nitrogens is 1. The van der Waals surface area contributed by atoms with Crippen LogP contribution in [0.4, 0.5) is 0 Å². The Morgan fingerprint density at radius 2 is 2.43 bits per heavy atom. The van der Waals surface area contributed by atoms with Crippen molar-refractivity contribution in [2.75, 3.05) is 0 Å². The molecule has 0 N–H and O–H groups in total. The zero-order chi connectivity index (χ0) is 10.8. The molecule has 1 aromatic heterocycles. The summed E-state index contributed by atoms with van der Waals surface area (Å²) in [6, 6.07) is 2.05. The molecule has 1 rings (SSSR count). The van der Waals surface area contributed by atoms with Crippen LogP contribution in [0.15, 0.2) is 5.38 Å². The summed E-state index contributed by atoms with van der Waals surface area (Å²) >= 11 is 1.54. The minimum atomic E-state index is -0.930. The van der Waals surface area contributed by atoms with Crippen molar-refractivity contribution in [1.29, 1.82) is 5.26 Å². The van der Waals surface area contributed by atoms with Crippen molar-refractivity contribution in [3.63, 3.8) is 0 Å². The van der Waals surface area contributed by atoms with Crippen molar-refractivity contribution < 1.29 is 4.79 Å². The number of aryl methyl sites for hydroxylation is 1. The lowest BCUT2D eigenvalue weighted by molar-refractivity contribution is -0.123. The maximum absolute atomic E-state index is 11.3. The Balaban J connectivity index is 2.87. The molecule has 0 aromatic carbocycles. The summed E-state index contributed by atoms with van der Waals surface area (Å²) in [7, 11) is 0. The summed E-state index contributed by atoms with van der Waals surface area (Å²) in [5.74, 6) is -0.106. The van der Waals surface area contributed by atoms with Gasteiger partial charge in [-0.1, -0.05) is 0 Å². The van der Waals surface area contributed by atoms with E-state index < -0.39 is 5.41 Å². The Kier molecular flexibility index (Phi) is 3.02. The average Bonchev–Trinajstić information content (AvgIpc) is 2.50. The molecule has 0 amide bonds. The first-order valence-corrected chi connectivity index (χ1v) is 5.19. The second-order valence-electron chi connectivity index (χ2n) is 3.53. The molecular weight excluding hydrogens is 196 g/mol. The Labute approximate surface area is 87.4 Å². The molecule has 4 heteroatoms. The minimum absolute atomic E-state index is 0.106. The van der Waals surface area contributed by atoms with Crippen LogP contribution >= 0.6 is 11.3 Å². The van der Waals surface area contributed by atoms with Crippen LogP contribution in [0, 0.1) is 23.7 Å². The fraction of sp³-hybridized carbons (Fsp3) is 0.500. The molecule has 0 aliphatic carbocycles. The van der Waals surface area contributed by atoms with Gasteiger partial charge in [-0.2, -0.15) is 5.26 Å². The lowest BCUT2D eigenvalue weighted by Crippen LogP contribution is -2.26. The molecule has 1 unspecified atom stereocenters. The van der Waals surface area contributed by atoms with Crippen LogP contribution < -0.4 is 0 Å². The van der Waals surface area contributed by atoms with Crippen molar-refractivity contribution in [2.24, 2.45) is 5.41 Å². The van der Waals surface area contributed by atoms with Crippen LogP contribution in [0.2, 0.25) is 0 Å². The molecule has 74 valence electrons. The van der Waals surface area contributed by atoms with Gasteiger partial charge in [0.25, 0.3) is 0 Å². The number of ketones is 1. The van der Waals surface area contributed by atoms with Gasteiger partial charge in [0.15, 0.2) is 0 Å². The Hall–Kier alpha value is -1.21. The van der Waals surface area contributed by atoms with Crippen LogP contribution in [-0.2, 0) is 11.2 Å². The standard InChI is InChI=1S/C10H12N2OS/c1-7(13)10(3,6-11)4-9-5-14-8(2)12-9/h5H,4H2,1-3H3. The number of thiazole rings is 1. The lowest BCUT2D eigenvalue weighted by Gasteiger charge is -2.15. The lowest BCUT2D eigenvalue weighted by atomic mass is 9.84. The van der Waals surface area contributed by atoms with E-state index in [1.807, 2.05) is 12.3 Å². The van der Waals surface area contributed by atoms with Gasteiger partial charge in [0.05, 0.1) is 16.8 Å². The van der Waals surface area contributed by atoms with E-state index in [9.17, 15) is 4.79 Å². The highest BCUT2D eigenvalue weighted by Gasteiger charge is 2.30. The second-order valence-corrected chi connectivity index (χ2v) is 4.60. The molecule has 0 radical (unpaired) electrons. The topological polar surface area (TPSA) is 53.8 Å². The highest BCUT2D eigenvalue weighted by Crippen LogP contribution is 2.23. The highest BCUT2D eigenvalue weighted by molar-refractivity contribution is 7.09. The maximum Gasteiger partial charge on any atom is 0.150 e. The van der Waals surface area contributed by atoms with E-state index in [0.717, 1.165) is 10.7 Å². The first kappa shape index (κ1) is 10.9. The summed E-state index contributed by atoms with van der Waals surface area (Å²) in [4.78, 5) is 15.5. The number of Topliss-reactive ketones (excluding diaryl/α,β-unsaturated/α-hetero) is 1. The van der Waals surface area contributed by atoms with Crippen molar-refractivity contribution in [3.05, 3.63) is 16.1 Å². The third-order valence-corrected chi connectivity index (χ3v) is 3.05. The predicted octanol–water partition coefficient (Wildman–Crippen LogP) is 2.11. The molecule has 1 heterocycles. The SMILES string of the molecule is CC(=O)C(C)(C#N)Cc1csc(C)n1. The summed E-state index contributed by atoms with van der Waals surface area (Å²) in [5.41, 5.74) is -0.104. The Bertz CT molecular complexity index is 391. The van der Waals surface area contributed by atoms with Crippen molar-refractivity contribution in [2.45, 2.75) is 27.2 Å². The zero-order valence-electron chi connectivity index (χ0n) is 8.50. The van der Waals surface area contributed by atoms with Gasteiger partial charge in [0.2, 0.25) is 0 Å². The highest BCUT2D eigenvalue weighted by atomic mass is 32.1. The number of rotatable bonds is 3. The number of nitriles is 1. The van der Waals surface area contributed by atoms with Gasteiger partial charge in [0.1, 0.15) is 11.2 Å². The monoisotopic (exact) mass is 208 g/mol. The molecule has 0 saturated carbocycles. The van der Waals surface area contributed by atoms with Gasteiger partial charge in [-0.25, -0.2) is 4.98 Å². The van der Waals surface area contributed by atoms with E-state index in [1.54, 1.807) is 6.92 Å². The summed E-state index contributed by atoms with van der Waals surface area (Å²) in [6.07, 6.45) is 0.406. The zero-order valence-corrected chi connectivity index (χ0v) is 9.31. The van der Waals surface area contributed by atoms with Crippen molar-refractivity contribution in [3.8, 4) is 6.07 Å². The molecule has 0 aliphatic heterocycles. The molecule has 1 aromatic rings. The molecular formula is C10H12N2OS. The summed E-state index contributed by atoms with van der Waals surface area (Å²) in [6.45, 7) is 5.01. The van der Waals surface area contributed by atoms with Crippen molar-refractivity contribution >= 4 is 17.1 Å². The molecule has 14 heavy (non-hydrogen) atoms. The van der Waals surface area contributed by atoms with E-state index in [0.29, 0.717) is 6.42 Å². The third kappa shape index (κ3) is 2.18. The third-order valence-electron chi connectivity index (χ3n) is 2.23. The quantitative estimate of drug-likeness (QED) is 0.764. The van der Waals surface area contributed by atoms with E-state index in [1.165, 1.54) is 18.3 Å². The number of hydrogen-bond acceptors (Lipinski definition) is 4. The van der Waals surface area contributed by atoms with E-state index >= 15 is 0 Å². The molecule has 0 fully saturated rings. The van der Waals surface area contributed by atoms with E-state index in [-0.39, 0.29) is 5.78 Å². The first-order chi connectivity index (χ1) is 6.48. The van der Waals surface area contributed by atoms with Crippen LogP contribution in [0.3, 0.4) is 0 Å². The first-order valence-electron chi connectivity index (χ1n) is 4.31. The Morgan fingerprint density at radius 3 is 2.79 bits per heavy atom. The van der Waals surface area contributed by atoms with Crippen LogP contribution in [0.1, 0.15) is 24.5 Å². The van der Waals surface area contributed by atoms with Gasteiger partial charge in [0, 0.05) is 11.8 Å². The number of hydrogen-bond donors (Lipinski definition) is 0. The Morgan fingerprint density at radius 1 is 1.79 bits per heavy atom. The number of carbonyl (C=O) groups is 1. The van der Waals surface area contributed by atoms with E-state index in [4.69, 9.17) is 5.26 Å². The number of nitrogens with zero attached hydrogens (tertiary/aromatic N) is 2. The molecule has 1 atom stereocenters. The predicted molar refractivity (Wildman–Crippen MR) is 55.0 cm³/mol. The maximum atomic E-state index is 11.3. The largest absolute Gasteiger partial charge is 0.298 e. The normalized spacial score (nSPS) is 14.4. The minimum Gasteiger partial charge on any atom is -0.298 e. The van der Waals surface area contributed by atoms with Crippen molar-refractivity contribution in [1.82, 2.24) is 4.98 Å². The number of carbonyl (C=O) groups excluding carboxylic acids is 1. The van der Waals surface area contributed by atoms with Crippen LogP contribution in [0.5, 0.6) is 0 Å². The van der Waals surface area contributed by atoms with Gasteiger partial charge >= 0.3 is 0 Å².